The zero-order valence-electron chi connectivity index (χ0n) is 18.6. The first-order valence-electron chi connectivity index (χ1n) is 12.4. The Morgan fingerprint density at radius 2 is 1.04 bits per heavy atom. The normalized spacial score (nSPS) is 19.6. The molecule has 1 saturated heterocycles. The van der Waals surface area contributed by atoms with Crippen molar-refractivity contribution in [2.45, 2.75) is 148 Å². The number of rotatable bonds is 19. The maximum absolute atomic E-state index is 11.6. The molecule has 2 unspecified atom stereocenters. The molecular formula is C25H48O2. The maximum atomic E-state index is 11.6. The second kappa shape index (κ2) is 17.6. The molecule has 0 radical (unpaired) electrons. The molecule has 0 aliphatic carbocycles. The van der Waals surface area contributed by atoms with Crippen LogP contribution in [-0.4, -0.2) is 12.1 Å². The zero-order chi connectivity index (χ0) is 19.6. The molecule has 1 heterocycles. The van der Waals surface area contributed by atoms with Crippen LogP contribution in [0.15, 0.2) is 0 Å². The van der Waals surface area contributed by atoms with Gasteiger partial charge in [-0.3, -0.25) is 4.79 Å². The number of carbonyl (C=O) groups excluding carboxylic acids is 1. The fraction of sp³-hybridized carbons (Fsp3) is 0.960. The molecule has 0 aromatic rings. The second-order valence-electron chi connectivity index (χ2n) is 8.98. The fourth-order valence-electron chi connectivity index (χ4n) is 4.37. The van der Waals surface area contributed by atoms with Gasteiger partial charge in [0.1, 0.15) is 0 Å². The van der Waals surface area contributed by atoms with E-state index in [0.717, 1.165) is 12.8 Å². The summed E-state index contributed by atoms with van der Waals surface area (Å²) in [4.78, 5) is 11.6. The van der Waals surface area contributed by atoms with E-state index in [9.17, 15) is 4.79 Å². The van der Waals surface area contributed by atoms with Gasteiger partial charge in [-0.25, -0.2) is 0 Å². The van der Waals surface area contributed by atoms with Crippen molar-refractivity contribution in [2.24, 2.45) is 5.92 Å². The Morgan fingerprint density at radius 3 is 1.37 bits per heavy atom. The molecule has 160 valence electrons. The largest absolute Gasteiger partial charge is 0.462 e. The predicted molar refractivity (Wildman–Crippen MR) is 117 cm³/mol. The third-order valence-corrected chi connectivity index (χ3v) is 6.17. The lowest BCUT2D eigenvalue weighted by Crippen LogP contribution is -2.07. The van der Waals surface area contributed by atoms with Crippen LogP contribution in [0, 0.1) is 5.92 Å². The monoisotopic (exact) mass is 380 g/mol. The van der Waals surface area contributed by atoms with Crippen LogP contribution in [0.4, 0.5) is 0 Å². The Morgan fingerprint density at radius 1 is 0.667 bits per heavy atom. The lowest BCUT2D eigenvalue weighted by Gasteiger charge is -2.05. The Hall–Kier alpha value is -0.530. The predicted octanol–water partition coefficient (Wildman–Crippen LogP) is 8.37. The van der Waals surface area contributed by atoms with Crippen LogP contribution in [0.1, 0.15) is 142 Å². The van der Waals surface area contributed by atoms with Crippen LogP contribution < -0.4 is 0 Å². The number of carbonyl (C=O) groups is 1. The summed E-state index contributed by atoms with van der Waals surface area (Å²) in [6.07, 6.45) is 27.5. The molecule has 0 aromatic carbocycles. The molecule has 0 N–H and O–H groups in total. The summed E-state index contributed by atoms with van der Waals surface area (Å²) in [5.41, 5.74) is 0. The minimum absolute atomic E-state index is 0.0504. The third-order valence-electron chi connectivity index (χ3n) is 6.17. The van der Waals surface area contributed by atoms with E-state index in [2.05, 4.69) is 6.92 Å². The van der Waals surface area contributed by atoms with Gasteiger partial charge in [-0.2, -0.15) is 0 Å². The van der Waals surface area contributed by atoms with Gasteiger partial charge in [0.15, 0.2) is 0 Å². The molecule has 27 heavy (non-hydrogen) atoms. The van der Waals surface area contributed by atoms with Crippen molar-refractivity contribution >= 4 is 5.97 Å². The standard InChI is InChI=1S/C25H48O2/c1-3-4-5-6-7-8-9-10-11-12-13-14-15-16-17-18-19-20-21-24-22-23(2)27-25(24)26/h23-24H,3-22H2,1-2H3. The van der Waals surface area contributed by atoms with Gasteiger partial charge < -0.3 is 4.74 Å². The Kier molecular flexibility index (Phi) is 15.9. The summed E-state index contributed by atoms with van der Waals surface area (Å²) in [5.74, 6) is 0.246. The summed E-state index contributed by atoms with van der Waals surface area (Å²) in [6, 6.07) is 0. The second-order valence-corrected chi connectivity index (χ2v) is 8.98. The van der Waals surface area contributed by atoms with Gasteiger partial charge in [0.25, 0.3) is 0 Å². The molecule has 2 heteroatoms. The lowest BCUT2D eigenvalue weighted by molar-refractivity contribution is -0.143. The first-order valence-corrected chi connectivity index (χ1v) is 12.4. The molecule has 1 rings (SSSR count). The smallest absolute Gasteiger partial charge is 0.309 e. The summed E-state index contributed by atoms with van der Waals surface area (Å²) in [6.45, 7) is 4.30. The van der Waals surface area contributed by atoms with Crippen LogP contribution in [0.5, 0.6) is 0 Å². The van der Waals surface area contributed by atoms with E-state index in [0.29, 0.717) is 0 Å². The molecule has 0 spiro atoms. The van der Waals surface area contributed by atoms with Gasteiger partial charge in [-0.05, 0) is 19.8 Å². The van der Waals surface area contributed by atoms with Crippen LogP contribution in [0.3, 0.4) is 0 Å². The van der Waals surface area contributed by atoms with E-state index >= 15 is 0 Å². The van der Waals surface area contributed by atoms with Crippen LogP contribution in [-0.2, 0) is 9.53 Å². The summed E-state index contributed by atoms with van der Waals surface area (Å²) < 4.78 is 5.22. The zero-order valence-corrected chi connectivity index (χ0v) is 18.6. The molecule has 0 aromatic heterocycles. The highest BCUT2D eigenvalue weighted by Gasteiger charge is 2.30. The molecule has 1 fully saturated rings. The summed E-state index contributed by atoms with van der Waals surface area (Å²) in [5, 5.41) is 0. The van der Waals surface area contributed by atoms with Crippen LogP contribution in [0.2, 0.25) is 0 Å². The Labute approximate surface area is 170 Å². The molecule has 1 aliphatic rings. The first-order chi connectivity index (χ1) is 13.2. The van der Waals surface area contributed by atoms with E-state index in [1.165, 1.54) is 116 Å². The molecular weight excluding hydrogens is 332 g/mol. The minimum Gasteiger partial charge on any atom is -0.462 e. The highest BCUT2D eigenvalue weighted by Crippen LogP contribution is 2.26. The van der Waals surface area contributed by atoms with Crippen LogP contribution in [0.25, 0.3) is 0 Å². The van der Waals surface area contributed by atoms with E-state index in [4.69, 9.17) is 4.74 Å². The van der Waals surface area contributed by atoms with Crippen LogP contribution >= 0.6 is 0 Å². The van der Waals surface area contributed by atoms with Crippen molar-refractivity contribution in [3.63, 3.8) is 0 Å². The van der Waals surface area contributed by atoms with Gasteiger partial charge in [-0.1, -0.05) is 122 Å². The van der Waals surface area contributed by atoms with Gasteiger partial charge in [0.05, 0.1) is 12.0 Å². The van der Waals surface area contributed by atoms with E-state index in [-0.39, 0.29) is 18.0 Å². The van der Waals surface area contributed by atoms with Crippen molar-refractivity contribution in [2.75, 3.05) is 0 Å². The van der Waals surface area contributed by atoms with E-state index in [1.54, 1.807) is 0 Å². The summed E-state index contributed by atoms with van der Waals surface area (Å²) >= 11 is 0. The molecule has 1 aliphatic heterocycles. The Bertz CT molecular complexity index is 339. The summed E-state index contributed by atoms with van der Waals surface area (Å²) in [7, 11) is 0. The van der Waals surface area contributed by atoms with Crippen molar-refractivity contribution in [3.05, 3.63) is 0 Å². The van der Waals surface area contributed by atoms with Crippen molar-refractivity contribution in [1.29, 1.82) is 0 Å². The fourth-order valence-corrected chi connectivity index (χ4v) is 4.37. The Balaban J connectivity index is 1.69. The first kappa shape index (κ1) is 24.5. The van der Waals surface area contributed by atoms with E-state index in [1.807, 2.05) is 6.92 Å². The topological polar surface area (TPSA) is 26.3 Å². The van der Waals surface area contributed by atoms with Crippen molar-refractivity contribution in [3.8, 4) is 0 Å². The van der Waals surface area contributed by atoms with Gasteiger partial charge >= 0.3 is 5.97 Å². The molecule has 0 saturated carbocycles. The van der Waals surface area contributed by atoms with E-state index < -0.39 is 0 Å². The van der Waals surface area contributed by atoms with Crippen molar-refractivity contribution < 1.29 is 9.53 Å². The lowest BCUT2D eigenvalue weighted by atomic mass is 9.97. The third kappa shape index (κ3) is 14.2. The van der Waals surface area contributed by atoms with Gasteiger partial charge in [0.2, 0.25) is 0 Å². The number of ether oxygens (including phenoxy) is 1. The van der Waals surface area contributed by atoms with Gasteiger partial charge in [-0.15, -0.1) is 0 Å². The minimum atomic E-state index is 0.0504. The number of unbranched alkanes of at least 4 members (excludes halogenated alkanes) is 17. The number of hydrogen-bond acceptors (Lipinski definition) is 2. The maximum Gasteiger partial charge on any atom is 0.309 e. The highest BCUT2D eigenvalue weighted by atomic mass is 16.5. The molecule has 2 atom stereocenters. The average Bonchev–Trinajstić information content (AvgIpc) is 2.98. The van der Waals surface area contributed by atoms with Crippen molar-refractivity contribution in [1.82, 2.24) is 0 Å². The quantitative estimate of drug-likeness (QED) is 0.166. The number of cyclic esters (lactones) is 1. The molecule has 2 nitrogen and oxygen atoms in total. The molecule has 0 amide bonds. The number of esters is 1. The van der Waals surface area contributed by atoms with Gasteiger partial charge in [0, 0.05) is 0 Å². The molecule has 0 bridgehead atoms. The average molecular weight is 381 g/mol. The SMILES string of the molecule is CCCCCCCCCCCCCCCCCCCCC1CC(C)OC1=O. The number of hydrogen-bond donors (Lipinski definition) is 0. The highest BCUT2D eigenvalue weighted by molar-refractivity contribution is 5.74.